The van der Waals surface area contributed by atoms with Crippen molar-refractivity contribution in [2.24, 2.45) is 0 Å². The maximum atomic E-state index is 12.8. The first kappa shape index (κ1) is 48.4. The number of aromatic nitrogens is 3. The number of aliphatic hydroxyl groups is 1. The fourth-order valence-corrected chi connectivity index (χ4v) is 11.1. The number of carbonyl (C=O) groups excluding carboxylic acids is 3. The van der Waals surface area contributed by atoms with Crippen LogP contribution in [0.25, 0.3) is 11.0 Å². The van der Waals surface area contributed by atoms with Crippen LogP contribution in [0, 0.1) is 11.8 Å². The van der Waals surface area contributed by atoms with E-state index >= 15 is 0 Å². The van der Waals surface area contributed by atoms with E-state index in [1.165, 1.54) is 44.5 Å². The van der Waals surface area contributed by atoms with Gasteiger partial charge in [-0.05, 0) is 25.5 Å². The topological polar surface area (TPSA) is 384 Å². The molecule has 10 N–H and O–H groups in total. The molecule has 1 aliphatic rings. The van der Waals surface area contributed by atoms with Gasteiger partial charge in [0.25, 0.3) is 15.7 Å². The van der Waals surface area contributed by atoms with Gasteiger partial charge in [0, 0.05) is 48.1 Å². The minimum Gasteiger partial charge on any atom is -0.390 e. The number of ketones is 2. The van der Waals surface area contributed by atoms with Crippen molar-refractivity contribution < 1.29 is 83.6 Å². The van der Waals surface area contributed by atoms with Gasteiger partial charge in [-0.25, -0.2) is 13.7 Å². The summed E-state index contributed by atoms with van der Waals surface area (Å²) < 4.78 is 86.2. The number of fused-ring (bicyclic) bond motifs is 1. The van der Waals surface area contributed by atoms with Crippen LogP contribution in [0.1, 0.15) is 65.1 Å². The normalized spacial score (nSPS) is 19.1. The predicted molar refractivity (Wildman–Crippen MR) is 208 cm³/mol. The number of phosphoric ester groups is 1. The van der Waals surface area contributed by atoms with Crippen molar-refractivity contribution in [3.8, 4) is 11.8 Å². The molecule has 3 heterocycles. The molecule has 30 heteroatoms. The number of benzene rings is 1. The van der Waals surface area contributed by atoms with Crippen LogP contribution in [0.3, 0.4) is 0 Å². The number of nitrogen functional groups attached to an aromatic ring is 1. The van der Waals surface area contributed by atoms with Gasteiger partial charge in [0.2, 0.25) is 11.9 Å². The van der Waals surface area contributed by atoms with E-state index in [1.807, 2.05) is 0 Å². The summed E-state index contributed by atoms with van der Waals surface area (Å²) in [6.07, 6.45) is -2.13. The number of nitrogens with zero attached hydrogens (tertiary/aromatic N) is 2. The van der Waals surface area contributed by atoms with Gasteiger partial charge in [0.1, 0.15) is 17.2 Å². The van der Waals surface area contributed by atoms with Gasteiger partial charge in [0.05, 0.1) is 30.2 Å². The molecular weight excluding hydrogens is 911 g/mol. The summed E-state index contributed by atoms with van der Waals surface area (Å²) in [5, 5.41) is 13.1. The molecule has 1 fully saturated rings. The first-order chi connectivity index (χ1) is 27.4. The largest absolute Gasteiger partial charge is 0.490 e. The van der Waals surface area contributed by atoms with E-state index in [0.29, 0.717) is 17.9 Å². The number of nitrogens with one attached hydrogen (secondary N) is 2. The summed E-state index contributed by atoms with van der Waals surface area (Å²) in [5.41, 5.74) is 4.95. The van der Waals surface area contributed by atoms with Crippen molar-refractivity contribution in [2.45, 2.75) is 55.9 Å². The zero-order valence-electron chi connectivity index (χ0n) is 30.2. The molecule has 1 amide bonds. The molecule has 1 aliphatic heterocycles. The highest BCUT2D eigenvalue weighted by Crippen LogP contribution is 2.66. The van der Waals surface area contributed by atoms with E-state index in [1.54, 1.807) is 0 Å². The molecule has 1 saturated heterocycles. The maximum absolute atomic E-state index is 12.8. The van der Waals surface area contributed by atoms with Crippen molar-refractivity contribution in [1.29, 1.82) is 0 Å². The van der Waals surface area contributed by atoms with Gasteiger partial charge in [-0.2, -0.15) is 22.0 Å². The lowest BCUT2D eigenvalue weighted by Crippen LogP contribution is -2.26. The molecule has 59 heavy (non-hydrogen) atoms. The highest BCUT2D eigenvalue weighted by molar-refractivity contribution is 8.76. The molecule has 0 aliphatic carbocycles. The molecule has 0 bridgehead atoms. The Balaban J connectivity index is 1.25. The van der Waals surface area contributed by atoms with Crippen LogP contribution in [-0.4, -0.2) is 107 Å². The van der Waals surface area contributed by atoms with Crippen molar-refractivity contribution in [3.05, 3.63) is 51.4 Å². The molecule has 5 atom stereocenters. The zero-order chi connectivity index (χ0) is 43.9. The molecule has 2 unspecified atom stereocenters. The summed E-state index contributed by atoms with van der Waals surface area (Å²) in [5.74, 6) is 4.83. The summed E-state index contributed by atoms with van der Waals surface area (Å²) in [6.45, 7) is 0.0713. The lowest BCUT2D eigenvalue weighted by molar-refractivity contribution is -0.120. The quantitative estimate of drug-likeness (QED) is 0.0194. The lowest BCUT2D eigenvalue weighted by Gasteiger charge is -2.19. The van der Waals surface area contributed by atoms with Crippen LogP contribution in [0.4, 0.5) is 5.95 Å². The van der Waals surface area contributed by atoms with Crippen LogP contribution < -0.4 is 16.6 Å². The van der Waals surface area contributed by atoms with Gasteiger partial charge in [-0.3, -0.25) is 33.2 Å². The second-order valence-electron chi connectivity index (χ2n) is 12.2. The number of aliphatic hydroxyl groups excluding tert-OH is 1. The number of carbonyl (C=O) groups is 3. The van der Waals surface area contributed by atoms with E-state index in [-0.39, 0.29) is 71.2 Å². The zero-order valence-corrected chi connectivity index (χ0v) is 35.4. The van der Waals surface area contributed by atoms with Crippen molar-refractivity contribution >= 4 is 89.6 Å². The number of ether oxygens (including phenoxy) is 1. The minimum absolute atomic E-state index is 0.0289. The van der Waals surface area contributed by atoms with Crippen LogP contribution in [0.15, 0.2) is 34.1 Å². The Bertz CT molecular complexity index is 2480. The molecule has 0 saturated carbocycles. The second-order valence-corrected chi connectivity index (χ2v) is 20.7. The van der Waals surface area contributed by atoms with E-state index in [9.17, 15) is 60.7 Å². The van der Waals surface area contributed by atoms with Crippen molar-refractivity contribution in [3.63, 3.8) is 0 Å². The van der Waals surface area contributed by atoms with E-state index in [0.717, 1.165) is 13.0 Å². The third kappa shape index (κ3) is 14.4. The Kier molecular flexibility index (Phi) is 16.5. The molecule has 0 spiro atoms. The number of rotatable bonds is 20. The highest BCUT2D eigenvalue weighted by Gasteiger charge is 2.43. The predicted octanol–water partition coefficient (Wildman–Crippen LogP) is 1.65. The summed E-state index contributed by atoms with van der Waals surface area (Å²) in [6, 6.07) is 3.47. The maximum Gasteiger partial charge on any atom is 0.490 e. The Morgan fingerprint density at radius 1 is 1.10 bits per heavy atom. The molecule has 2 aromatic heterocycles. The Hall–Kier alpha value is -3.25. The van der Waals surface area contributed by atoms with Crippen LogP contribution in [0.5, 0.6) is 0 Å². The third-order valence-electron chi connectivity index (χ3n) is 7.72. The third-order valence-corrected chi connectivity index (χ3v) is 14.9. The SMILES string of the molecule is CC(=O)c1ccc(C(=O)CCCSSCCC(=O)NCC#Cc2cn([C@H]3C[C@@H](O)[C@@H](COP(=O)(O)OP(=O)(O)OP(=O)(O)O)O3)c3nc(N)[nH]c(=O)c23)cc1S(=O)(=O)O. The molecule has 4 rings (SSSR count). The van der Waals surface area contributed by atoms with Crippen molar-refractivity contribution in [1.82, 2.24) is 19.9 Å². The van der Waals surface area contributed by atoms with E-state index < -0.39 is 74.9 Å². The second kappa shape index (κ2) is 20.1. The molecule has 324 valence electrons. The number of hydrogen-bond acceptors (Lipinski definition) is 18. The number of Topliss-reactive ketones (excluding diaryl/α,β-unsaturated/α-hetero) is 2. The number of hydrogen-bond donors (Lipinski definition) is 9. The first-order valence-corrected chi connectivity index (χ1v) is 25.0. The van der Waals surface area contributed by atoms with E-state index in [2.05, 4.69) is 40.3 Å². The number of H-pyrrole nitrogens is 1. The molecule has 0 radical (unpaired) electrons. The molecule has 3 aromatic rings. The standard InChI is InChI=1S/C29H36N5O19P3S3/c1-16(35)19-7-6-17(12-23(19)59(47,48)49)20(36)5-3-10-57-58-11-8-24(38)31-9-2-4-18-14-34(27-26(18)28(39)33-29(30)32-27)25-13-21(37)22(51-25)15-50-55(43,44)53-56(45,46)52-54(40,41)42/h6-7,12,14,21-22,25,37H,3,5,8-11,13,15H2,1H3,(H,31,38)(H,43,44)(H,45,46)(H2,40,41,42)(H,47,48,49)(H3,30,32,33,39)/t21-,22-,25-/m1/s1. The van der Waals surface area contributed by atoms with Crippen LogP contribution in [-0.2, 0) is 46.5 Å². The van der Waals surface area contributed by atoms with Crippen LogP contribution in [0.2, 0.25) is 0 Å². The monoisotopic (exact) mass is 947 g/mol. The summed E-state index contributed by atoms with van der Waals surface area (Å²) >= 11 is 0. The Labute approximate surface area is 341 Å². The lowest BCUT2D eigenvalue weighted by atomic mass is 10.0. The fourth-order valence-electron chi connectivity index (χ4n) is 5.25. The molecule has 24 nitrogen and oxygen atoms in total. The minimum atomic E-state index is -5.78. The summed E-state index contributed by atoms with van der Waals surface area (Å²) in [7, 11) is -18.8. The highest BCUT2D eigenvalue weighted by atomic mass is 33.1. The number of amides is 1. The first-order valence-electron chi connectivity index (χ1n) is 16.5. The molecular formula is C29H36N5O19P3S3. The number of aromatic amines is 1. The van der Waals surface area contributed by atoms with Gasteiger partial charge in [-0.1, -0.05) is 39.5 Å². The van der Waals surface area contributed by atoms with Gasteiger partial charge in [0.15, 0.2) is 17.2 Å². The Morgan fingerprint density at radius 3 is 2.46 bits per heavy atom. The van der Waals surface area contributed by atoms with Crippen molar-refractivity contribution in [2.75, 3.05) is 30.4 Å². The average molecular weight is 948 g/mol. The Morgan fingerprint density at radius 2 is 1.80 bits per heavy atom. The summed E-state index contributed by atoms with van der Waals surface area (Å²) in [4.78, 5) is 91.7. The van der Waals surface area contributed by atoms with E-state index in [4.69, 9.17) is 20.3 Å². The van der Waals surface area contributed by atoms with Gasteiger partial charge in [-0.15, -0.1) is 0 Å². The smallest absolute Gasteiger partial charge is 0.390 e. The van der Waals surface area contributed by atoms with Crippen LogP contribution >= 0.6 is 45.1 Å². The number of nitrogens with two attached hydrogens (primary N) is 1. The fraction of sp³-hybridized carbons (Fsp3) is 0.414. The number of anilines is 1. The average Bonchev–Trinajstić information content (AvgIpc) is 3.65. The van der Waals surface area contributed by atoms with Gasteiger partial charge < -0.3 is 45.0 Å². The number of phosphoric acid groups is 3. The molecule has 1 aromatic carbocycles. The van der Waals surface area contributed by atoms with Gasteiger partial charge >= 0.3 is 23.5 Å².